The van der Waals surface area contributed by atoms with Gasteiger partial charge in [0.25, 0.3) is 0 Å². The van der Waals surface area contributed by atoms with Crippen molar-refractivity contribution in [3.05, 3.63) is 370 Å². The van der Waals surface area contributed by atoms with E-state index in [1.807, 2.05) is 182 Å². The van der Waals surface area contributed by atoms with Crippen LogP contribution in [0.25, 0.3) is 101 Å². The molecule has 0 aliphatic carbocycles. The molecule has 0 unspecified atom stereocenters. The third-order valence-electron chi connectivity index (χ3n) is 13.1. The second kappa shape index (κ2) is 39.9. The fourth-order valence-electron chi connectivity index (χ4n) is 8.60. The predicted octanol–water partition coefficient (Wildman–Crippen LogP) is 18.2. The van der Waals surface area contributed by atoms with Gasteiger partial charge in [0.1, 0.15) is 0 Å². The Hall–Kier alpha value is -10.5. The van der Waals surface area contributed by atoms with Crippen LogP contribution in [0.15, 0.2) is 317 Å². The molecule has 0 aliphatic heterocycles. The van der Waals surface area contributed by atoms with Crippen molar-refractivity contribution in [2.45, 2.75) is 20.6 Å². The topological polar surface area (TPSA) is 142 Å². The summed E-state index contributed by atoms with van der Waals surface area (Å²) in [6.07, 6.45) is 19.9. The van der Waals surface area contributed by atoms with Crippen LogP contribution in [0.2, 0.25) is 0 Å². The minimum Gasteiger partial charge on any atom is -0.305 e. The van der Waals surface area contributed by atoms with E-state index < -0.39 is 20.6 Å². The van der Waals surface area contributed by atoms with E-state index in [9.17, 15) is 0 Å². The van der Waals surface area contributed by atoms with Crippen LogP contribution in [0.4, 0.5) is 0 Å². The van der Waals surface area contributed by atoms with E-state index in [4.69, 9.17) is 12.3 Å². The molecule has 96 heavy (non-hydrogen) atoms. The van der Waals surface area contributed by atoms with Gasteiger partial charge in [0.15, 0.2) is 5.82 Å². The van der Waals surface area contributed by atoms with Crippen molar-refractivity contribution < 1.29 is 72.7 Å². The average molecular weight is 1790 g/mol. The predicted molar refractivity (Wildman–Crippen MR) is 371 cm³/mol. The van der Waals surface area contributed by atoms with Crippen LogP contribution >= 0.6 is 0 Å². The summed E-state index contributed by atoms with van der Waals surface area (Å²) in [4.78, 5) is 46.6. The number of aryl methyl sites for hydroxylation is 3. The average Bonchev–Trinajstić information content (AvgIpc) is 0.873. The Kier molecular flexibility index (Phi) is 25.1. The molecule has 9 aromatic heterocycles. The molecule has 9 heterocycles. The third kappa shape index (κ3) is 22.9. The number of hydrogen-bond acceptors (Lipinski definition) is 11. The zero-order chi connectivity index (χ0) is 71.4. The van der Waals surface area contributed by atoms with Crippen LogP contribution in [0, 0.1) is 57.0 Å². The van der Waals surface area contributed by atoms with Crippen LogP contribution in [-0.2, 0) is 60.3 Å². The molecule has 0 saturated carbocycles. The van der Waals surface area contributed by atoms with Crippen molar-refractivity contribution in [1.29, 1.82) is 0 Å². The molecule has 15 aromatic rings. The Bertz CT molecular complexity index is 4280. The maximum Gasteiger partial charge on any atom is 0.158 e. The van der Waals surface area contributed by atoms with Crippen LogP contribution < -0.4 is 0 Å². The van der Waals surface area contributed by atoms with Gasteiger partial charge in [-0.3, -0.25) is 15.0 Å². The van der Waals surface area contributed by atoms with Gasteiger partial charge < -0.3 is 29.9 Å². The van der Waals surface area contributed by atoms with Gasteiger partial charge in [-0.05, 0) is 119 Å². The van der Waals surface area contributed by atoms with Crippen molar-refractivity contribution in [3.63, 3.8) is 0 Å². The number of pyridine rings is 7. The van der Waals surface area contributed by atoms with E-state index in [2.05, 4.69) is 91.2 Å². The molecule has 0 bridgehead atoms. The van der Waals surface area contributed by atoms with Crippen molar-refractivity contribution in [1.82, 2.24) is 54.8 Å². The summed E-state index contributed by atoms with van der Waals surface area (Å²) in [6, 6.07) is 93.7. The van der Waals surface area contributed by atoms with Gasteiger partial charge >= 0.3 is 0 Å². The summed E-state index contributed by atoms with van der Waals surface area (Å²) >= 11 is 0. The van der Waals surface area contributed by atoms with E-state index in [0.29, 0.717) is 5.82 Å². The molecule has 14 heteroatoms. The summed E-state index contributed by atoms with van der Waals surface area (Å²) in [5, 5.41) is 0. The van der Waals surface area contributed by atoms with Crippen molar-refractivity contribution in [2.75, 3.05) is 0 Å². The second-order valence-corrected chi connectivity index (χ2v) is 19.6. The molecule has 477 valence electrons. The summed E-state index contributed by atoms with van der Waals surface area (Å²) in [6.45, 7) is -6.27. The zero-order valence-electron chi connectivity index (χ0n) is 59.9. The first-order valence-electron chi connectivity index (χ1n) is 33.6. The largest absolute Gasteiger partial charge is 0.305 e. The Labute approximate surface area is 615 Å². The molecule has 0 atom stereocenters. The van der Waals surface area contributed by atoms with Crippen molar-refractivity contribution in [2.24, 2.45) is 0 Å². The van der Waals surface area contributed by atoms with E-state index in [0.717, 1.165) is 95.6 Å². The van der Waals surface area contributed by atoms with E-state index in [1.54, 1.807) is 116 Å². The van der Waals surface area contributed by atoms with Crippen LogP contribution in [-0.4, -0.2) is 54.8 Å². The Morgan fingerprint density at radius 2 is 0.573 bits per heavy atom. The van der Waals surface area contributed by atoms with Gasteiger partial charge in [0.2, 0.25) is 0 Å². The quantitative estimate of drug-likeness (QED) is 0.127. The van der Waals surface area contributed by atoms with Gasteiger partial charge in [0, 0.05) is 146 Å². The molecule has 0 spiro atoms. The molecule has 0 fully saturated rings. The van der Waals surface area contributed by atoms with Gasteiger partial charge in [-0.2, -0.15) is 0 Å². The van der Waals surface area contributed by atoms with E-state index >= 15 is 0 Å². The summed E-state index contributed by atoms with van der Waals surface area (Å²) in [5.41, 5.74) is 16.0. The molecule has 0 aliphatic rings. The van der Waals surface area contributed by atoms with E-state index in [-0.39, 0.29) is 77.0 Å². The summed E-state index contributed by atoms with van der Waals surface area (Å²) in [7, 11) is 0. The summed E-state index contributed by atoms with van der Waals surface area (Å²) < 4.78 is 65.1. The van der Waals surface area contributed by atoms with Crippen LogP contribution in [0.1, 0.15) is 29.0 Å². The van der Waals surface area contributed by atoms with Gasteiger partial charge in [-0.1, -0.05) is 60.7 Å². The molecule has 6 aromatic carbocycles. The second-order valence-electron chi connectivity index (χ2n) is 19.6. The van der Waals surface area contributed by atoms with E-state index in [1.165, 1.54) is 18.6 Å². The van der Waals surface area contributed by atoms with Crippen LogP contribution in [0.5, 0.6) is 0 Å². The minimum absolute atomic E-state index is 0. The fourth-order valence-corrected chi connectivity index (χ4v) is 8.60. The first-order valence-corrected chi connectivity index (χ1v) is 29.1. The number of aromatic nitrogens is 11. The molecule has 0 N–H and O–H groups in total. The molecule has 0 saturated heterocycles. The number of nitrogens with zero attached hydrogens (tertiary/aromatic N) is 11. The Balaban J connectivity index is 0.000000175. The molecule has 15 rings (SSSR count). The number of hydrogen-bond donors (Lipinski definition) is 0. The molecule has 3 radical (unpaired) electrons. The van der Waals surface area contributed by atoms with Crippen molar-refractivity contribution in [3.8, 4) is 101 Å². The molecular formula is C82H61Ir3N11-6. The number of benzene rings is 6. The summed E-state index contributed by atoms with van der Waals surface area (Å²) in [5.74, 6) is 0.706. The Morgan fingerprint density at radius 3 is 0.896 bits per heavy atom. The fraction of sp³-hybridized carbons (Fsp3) is 0.0366. The first kappa shape index (κ1) is 60.4. The Morgan fingerprint density at radius 1 is 0.240 bits per heavy atom. The van der Waals surface area contributed by atoms with Crippen molar-refractivity contribution >= 4 is 0 Å². The number of rotatable bonds is 9. The van der Waals surface area contributed by atoms with Crippen LogP contribution in [0.3, 0.4) is 0 Å². The molecule has 0 amide bonds. The molecular weight excluding hydrogens is 1720 g/mol. The van der Waals surface area contributed by atoms with Gasteiger partial charge in [-0.15, -0.1) is 215 Å². The SMILES string of the molecule is [2H]C([2H])([2H])c1ccc(-c2[c-]cccc2)nc1.[2H]C([2H])([2H])c1ccc(-c2[c-]cccc2)nc1.[2H]C([2H])([2H])c1ccc(-c2[c-]cccc2)nc1.[Ir].[Ir].[Ir].[c-]1ccccc1-c1cc(-c2ccccn2)ccn1.[c-]1ccccc1-c1cc(-c2cnccn2)ccn1.[c-]1ccccc1-c1cc(-c2ncccn2)ccn1. The van der Waals surface area contributed by atoms with Gasteiger partial charge in [0.05, 0.1) is 17.6 Å². The normalized spacial score (nSPS) is 11.6. The standard InChI is InChI=1S/C16H11N2.2C15H10N3.3C12H10N.3Ir/c1-2-6-13(7-3-1)16-12-14(9-11-18-16)15-8-4-5-10-17-15;1-2-5-12(6-3-1)14-11-13(7-10-16-14)15-17-8-4-9-18-15;1-2-4-12(5-3-1)14-10-13(6-7-17-14)15-11-16-8-9-18-15;3*1-10-7-8-12(13-9-10)11-5-3-2-4-6-11;;;/h1-6,8-12H;1-5,7-11H;1-4,6-11H;3*2-5,7-9H,1H3;;;/q6*-1;;;/i;;;3*1D3;;;. The third-order valence-corrected chi connectivity index (χ3v) is 13.1. The molecule has 11 nitrogen and oxygen atoms in total. The maximum absolute atomic E-state index is 7.23. The minimum atomic E-state index is -2.09. The monoisotopic (exact) mass is 1790 g/mol. The smallest absolute Gasteiger partial charge is 0.158 e. The zero-order valence-corrected chi connectivity index (χ0v) is 58.1. The first-order chi connectivity index (χ1) is 49.5. The van der Waals surface area contributed by atoms with Gasteiger partial charge in [-0.25, -0.2) is 9.97 Å². The maximum atomic E-state index is 7.23.